The van der Waals surface area contributed by atoms with E-state index in [4.69, 9.17) is 9.47 Å². The third-order valence-electron chi connectivity index (χ3n) is 5.95. The predicted octanol–water partition coefficient (Wildman–Crippen LogP) is 5.01. The molecule has 0 bridgehead atoms. The van der Waals surface area contributed by atoms with Gasteiger partial charge >= 0.3 is 0 Å². The van der Waals surface area contributed by atoms with Crippen LogP contribution < -0.4 is 9.47 Å². The average Bonchev–Trinajstić information content (AvgIpc) is 3.33. The van der Waals surface area contributed by atoms with Gasteiger partial charge in [0.05, 0.1) is 18.4 Å². The summed E-state index contributed by atoms with van der Waals surface area (Å²) in [5.74, 6) is 1.60. The number of carbonyl (C=O) groups is 1. The number of aryl methyl sites for hydroxylation is 4. The molecule has 0 aliphatic heterocycles. The zero-order valence-corrected chi connectivity index (χ0v) is 18.6. The van der Waals surface area contributed by atoms with Gasteiger partial charge in [-0.1, -0.05) is 18.2 Å². The molecule has 1 aliphatic carbocycles. The number of aromatic nitrogens is 2. The SMILES string of the molecule is COc1ccc(/C=C/C(=O)c2c(C)nn(C)c2C)cc1COc1ccc2c(c1)CCC2. The Morgan fingerprint density at radius 1 is 1.13 bits per heavy atom. The molecule has 0 radical (unpaired) electrons. The fourth-order valence-electron chi connectivity index (χ4n) is 4.20. The Hall–Kier alpha value is -3.34. The molecule has 3 aromatic rings. The van der Waals surface area contributed by atoms with Crippen LogP contribution in [0.5, 0.6) is 11.5 Å². The normalized spacial score (nSPS) is 12.9. The van der Waals surface area contributed by atoms with Crippen LogP contribution in [0.25, 0.3) is 6.08 Å². The highest BCUT2D eigenvalue weighted by molar-refractivity contribution is 6.08. The van der Waals surface area contributed by atoms with Crippen LogP contribution in [0.1, 0.15) is 50.4 Å². The van der Waals surface area contributed by atoms with Gasteiger partial charge in [0, 0.05) is 18.3 Å². The van der Waals surface area contributed by atoms with Crippen LogP contribution in [0.4, 0.5) is 0 Å². The molecular formula is C26H28N2O3. The Morgan fingerprint density at radius 2 is 1.94 bits per heavy atom. The molecule has 4 rings (SSSR count). The summed E-state index contributed by atoms with van der Waals surface area (Å²) < 4.78 is 13.3. The Kier molecular flexibility index (Phi) is 5.94. The summed E-state index contributed by atoms with van der Waals surface area (Å²) in [4.78, 5) is 12.7. The van der Waals surface area contributed by atoms with Crippen LogP contribution in [0.2, 0.25) is 0 Å². The first kappa shape index (κ1) is 20.9. The van der Waals surface area contributed by atoms with Crippen LogP contribution in [-0.4, -0.2) is 22.7 Å². The zero-order chi connectivity index (χ0) is 22.0. The van der Waals surface area contributed by atoms with Crippen molar-refractivity contribution in [1.82, 2.24) is 9.78 Å². The van der Waals surface area contributed by atoms with Gasteiger partial charge in [-0.3, -0.25) is 9.48 Å². The summed E-state index contributed by atoms with van der Waals surface area (Å²) in [6, 6.07) is 12.2. The van der Waals surface area contributed by atoms with E-state index in [2.05, 4.69) is 17.2 Å². The number of allylic oxidation sites excluding steroid dienone is 1. The second kappa shape index (κ2) is 8.80. The molecule has 0 amide bonds. The molecule has 1 aromatic heterocycles. The number of hydrogen-bond acceptors (Lipinski definition) is 4. The lowest BCUT2D eigenvalue weighted by Crippen LogP contribution is -2.01. The molecule has 0 fully saturated rings. The Balaban J connectivity index is 1.50. The molecule has 160 valence electrons. The summed E-state index contributed by atoms with van der Waals surface area (Å²) in [6.45, 7) is 4.16. The molecule has 0 atom stereocenters. The van der Waals surface area contributed by atoms with Crippen LogP contribution in [0.3, 0.4) is 0 Å². The number of ketones is 1. The monoisotopic (exact) mass is 416 g/mol. The van der Waals surface area contributed by atoms with Gasteiger partial charge in [-0.2, -0.15) is 5.10 Å². The third kappa shape index (κ3) is 4.41. The Morgan fingerprint density at radius 3 is 2.68 bits per heavy atom. The van der Waals surface area contributed by atoms with Crippen molar-refractivity contribution in [3.8, 4) is 11.5 Å². The zero-order valence-electron chi connectivity index (χ0n) is 18.6. The van der Waals surface area contributed by atoms with E-state index < -0.39 is 0 Å². The fraction of sp³-hybridized carbons (Fsp3) is 0.308. The van der Waals surface area contributed by atoms with Crippen LogP contribution in [0, 0.1) is 13.8 Å². The van der Waals surface area contributed by atoms with Crippen molar-refractivity contribution >= 4 is 11.9 Å². The van der Waals surface area contributed by atoms with Gasteiger partial charge in [-0.05, 0) is 80.1 Å². The number of ether oxygens (including phenoxy) is 2. The molecule has 0 N–H and O–H groups in total. The van der Waals surface area contributed by atoms with Crippen LogP contribution >= 0.6 is 0 Å². The van der Waals surface area contributed by atoms with Gasteiger partial charge in [0.2, 0.25) is 0 Å². The van der Waals surface area contributed by atoms with E-state index in [1.165, 1.54) is 17.5 Å². The molecule has 1 heterocycles. The standard InChI is InChI=1S/C26H28N2O3/c1-17-26(18(2)28(3)27-17)24(29)12-8-19-9-13-25(30-4)22(14-19)16-31-23-11-10-20-6-5-7-21(20)15-23/h8-15H,5-7,16H2,1-4H3/b12-8+. The minimum Gasteiger partial charge on any atom is -0.496 e. The van der Waals surface area contributed by atoms with E-state index in [1.54, 1.807) is 17.9 Å². The van der Waals surface area contributed by atoms with Gasteiger partial charge in [-0.15, -0.1) is 0 Å². The minimum absolute atomic E-state index is 0.0464. The molecule has 0 spiro atoms. The van der Waals surface area contributed by atoms with Crippen molar-refractivity contribution in [2.24, 2.45) is 7.05 Å². The van der Waals surface area contributed by atoms with Gasteiger partial charge in [-0.25, -0.2) is 0 Å². The number of benzene rings is 2. The topological polar surface area (TPSA) is 53.3 Å². The lowest BCUT2D eigenvalue weighted by Gasteiger charge is -2.12. The lowest BCUT2D eigenvalue weighted by atomic mass is 10.1. The molecule has 0 saturated heterocycles. The van der Waals surface area contributed by atoms with Crippen molar-refractivity contribution in [3.05, 3.63) is 81.7 Å². The molecule has 1 aliphatic rings. The van der Waals surface area contributed by atoms with E-state index in [0.717, 1.165) is 46.9 Å². The van der Waals surface area contributed by atoms with Crippen molar-refractivity contribution in [2.75, 3.05) is 7.11 Å². The summed E-state index contributed by atoms with van der Waals surface area (Å²) in [5, 5.41) is 4.33. The van der Waals surface area contributed by atoms with Crippen LogP contribution in [-0.2, 0) is 26.5 Å². The first-order valence-electron chi connectivity index (χ1n) is 10.6. The van der Waals surface area contributed by atoms with E-state index in [-0.39, 0.29) is 5.78 Å². The third-order valence-corrected chi connectivity index (χ3v) is 5.95. The molecule has 0 saturated carbocycles. The highest BCUT2D eigenvalue weighted by Gasteiger charge is 2.15. The number of nitrogens with zero attached hydrogens (tertiary/aromatic N) is 2. The minimum atomic E-state index is -0.0464. The molecule has 5 heteroatoms. The molecule has 0 unspecified atom stereocenters. The number of fused-ring (bicyclic) bond motifs is 1. The van der Waals surface area contributed by atoms with Crippen LogP contribution in [0.15, 0.2) is 42.5 Å². The molecule has 2 aromatic carbocycles. The van der Waals surface area contributed by atoms with Crippen molar-refractivity contribution in [2.45, 2.75) is 39.7 Å². The second-order valence-electron chi connectivity index (χ2n) is 8.01. The molecular weight excluding hydrogens is 388 g/mol. The number of carbonyl (C=O) groups excluding carboxylic acids is 1. The summed E-state index contributed by atoms with van der Waals surface area (Å²) >= 11 is 0. The van der Waals surface area contributed by atoms with E-state index in [1.807, 2.05) is 51.2 Å². The second-order valence-corrected chi connectivity index (χ2v) is 8.01. The van der Waals surface area contributed by atoms with E-state index >= 15 is 0 Å². The Bertz CT molecular complexity index is 1160. The van der Waals surface area contributed by atoms with Gasteiger partial charge < -0.3 is 9.47 Å². The van der Waals surface area contributed by atoms with Gasteiger partial charge in [0.25, 0.3) is 0 Å². The Labute approximate surface area is 183 Å². The highest BCUT2D eigenvalue weighted by atomic mass is 16.5. The van der Waals surface area contributed by atoms with Gasteiger partial charge in [0.1, 0.15) is 18.1 Å². The van der Waals surface area contributed by atoms with Gasteiger partial charge in [0.15, 0.2) is 5.78 Å². The predicted molar refractivity (Wildman–Crippen MR) is 122 cm³/mol. The largest absolute Gasteiger partial charge is 0.496 e. The number of hydrogen-bond donors (Lipinski definition) is 0. The van der Waals surface area contributed by atoms with Crippen molar-refractivity contribution in [1.29, 1.82) is 0 Å². The first-order chi connectivity index (χ1) is 15.0. The maximum Gasteiger partial charge on any atom is 0.189 e. The maximum absolute atomic E-state index is 12.7. The first-order valence-corrected chi connectivity index (χ1v) is 10.6. The molecule has 31 heavy (non-hydrogen) atoms. The summed E-state index contributed by atoms with van der Waals surface area (Å²) in [6.07, 6.45) is 6.93. The lowest BCUT2D eigenvalue weighted by molar-refractivity contribution is 0.104. The quantitative estimate of drug-likeness (QED) is 0.401. The van der Waals surface area contributed by atoms with E-state index in [0.29, 0.717) is 12.2 Å². The summed E-state index contributed by atoms with van der Waals surface area (Å²) in [5.41, 5.74) is 6.94. The smallest absolute Gasteiger partial charge is 0.189 e. The van der Waals surface area contributed by atoms with E-state index in [9.17, 15) is 4.79 Å². The highest BCUT2D eigenvalue weighted by Crippen LogP contribution is 2.28. The van der Waals surface area contributed by atoms with Crippen molar-refractivity contribution in [3.63, 3.8) is 0 Å². The number of methoxy groups -OCH3 is 1. The van der Waals surface area contributed by atoms with Crippen molar-refractivity contribution < 1.29 is 14.3 Å². The molecule has 5 nitrogen and oxygen atoms in total. The number of rotatable bonds is 7. The summed E-state index contributed by atoms with van der Waals surface area (Å²) in [7, 11) is 3.50. The maximum atomic E-state index is 12.7. The fourth-order valence-corrected chi connectivity index (χ4v) is 4.20. The average molecular weight is 417 g/mol.